The van der Waals surface area contributed by atoms with Gasteiger partial charge >= 0.3 is 5.97 Å². The van der Waals surface area contributed by atoms with Crippen LogP contribution in [0, 0.1) is 17.3 Å². The monoisotopic (exact) mass is 255 g/mol. The molecule has 0 aromatic carbocycles. The van der Waals surface area contributed by atoms with Gasteiger partial charge in [-0.15, -0.1) is 0 Å². The van der Waals surface area contributed by atoms with E-state index in [0.717, 1.165) is 13.0 Å². The number of carbonyl (C=O) groups is 1. The van der Waals surface area contributed by atoms with E-state index in [1.165, 1.54) is 12.8 Å². The molecule has 0 spiro atoms. The van der Waals surface area contributed by atoms with Crippen molar-refractivity contribution in [3.63, 3.8) is 0 Å². The van der Waals surface area contributed by atoms with E-state index < -0.39 is 11.4 Å². The van der Waals surface area contributed by atoms with Gasteiger partial charge in [0.15, 0.2) is 0 Å². The van der Waals surface area contributed by atoms with E-state index >= 15 is 0 Å². The molecule has 1 N–H and O–H groups in total. The fourth-order valence-electron chi connectivity index (χ4n) is 2.97. The van der Waals surface area contributed by atoms with Gasteiger partial charge in [0, 0.05) is 12.6 Å². The number of likely N-dealkylation sites (tertiary alicyclic amines) is 1. The Kier molecular flexibility index (Phi) is 5.20. The van der Waals surface area contributed by atoms with Crippen molar-refractivity contribution in [1.29, 1.82) is 0 Å². The first kappa shape index (κ1) is 15.5. The lowest BCUT2D eigenvalue weighted by Gasteiger charge is -2.31. The van der Waals surface area contributed by atoms with Crippen molar-refractivity contribution in [2.45, 2.75) is 59.9 Å². The molecule has 0 amide bonds. The minimum Gasteiger partial charge on any atom is -0.481 e. The second-order valence-electron chi connectivity index (χ2n) is 7.00. The van der Waals surface area contributed by atoms with Crippen molar-refractivity contribution in [2.75, 3.05) is 13.1 Å². The number of nitrogens with zero attached hydrogens (tertiary/aromatic N) is 1. The minimum absolute atomic E-state index is 0.536. The summed E-state index contributed by atoms with van der Waals surface area (Å²) in [6.07, 6.45) is 3.14. The van der Waals surface area contributed by atoms with Crippen LogP contribution in [0.25, 0.3) is 0 Å². The van der Waals surface area contributed by atoms with Gasteiger partial charge in [-0.25, -0.2) is 0 Å². The Morgan fingerprint density at radius 3 is 2.06 bits per heavy atom. The highest BCUT2D eigenvalue weighted by molar-refractivity contribution is 5.74. The van der Waals surface area contributed by atoms with E-state index in [1.54, 1.807) is 0 Å². The van der Waals surface area contributed by atoms with Gasteiger partial charge in [0.05, 0.1) is 5.41 Å². The molecule has 0 aromatic heterocycles. The lowest BCUT2D eigenvalue weighted by molar-refractivity contribution is -0.147. The molecular weight excluding hydrogens is 226 g/mol. The van der Waals surface area contributed by atoms with Crippen LogP contribution in [0.15, 0.2) is 0 Å². The molecule has 18 heavy (non-hydrogen) atoms. The molecule has 1 unspecified atom stereocenters. The Hall–Kier alpha value is -0.570. The highest BCUT2D eigenvalue weighted by atomic mass is 16.4. The Labute approximate surface area is 112 Å². The lowest BCUT2D eigenvalue weighted by atomic mass is 9.90. The van der Waals surface area contributed by atoms with E-state index in [0.29, 0.717) is 24.4 Å². The molecule has 3 nitrogen and oxygen atoms in total. The third kappa shape index (κ3) is 3.98. The smallest absolute Gasteiger partial charge is 0.310 e. The molecule has 0 aromatic rings. The van der Waals surface area contributed by atoms with Gasteiger partial charge in [-0.1, -0.05) is 27.7 Å². The van der Waals surface area contributed by atoms with Crippen LogP contribution in [-0.4, -0.2) is 35.1 Å². The van der Waals surface area contributed by atoms with Crippen LogP contribution in [0.5, 0.6) is 0 Å². The van der Waals surface area contributed by atoms with E-state index in [-0.39, 0.29) is 0 Å². The van der Waals surface area contributed by atoms with Gasteiger partial charge in [0.25, 0.3) is 0 Å². The molecule has 1 heterocycles. The summed E-state index contributed by atoms with van der Waals surface area (Å²) in [4.78, 5) is 13.7. The van der Waals surface area contributed by atoms with Gasteiger partial charge in [0.2, 0.25) is 0 Å². The average molecular weight is 255 g/mol. The Balaban J connectivity index is 2.67. The molecule has 106 valence electrons. The van der Waals surface area contributed by atoms with Crippen LogP contribution in [0.1, 0.15) is 53.9 Å². The number of aliphatic carboxylic acids is 1. The molecule has 0 bridgehead atoms. The Bertz CT molecular complexity index is 278. The van der Waals surface area contributed by atoms with E-state index in [9.17, 15) is 9.90 Å². The molecule has 0 radical (unpaired) electrons. The fourth-order valence-corrected chi connectivity index (χ4v) is 2.97. The van der Waals surface area contributed by atoms with Crippen LogP contribution in [0.2, 0.25) is 0 Å². The summed E-state index contributed by atoms with van der Waals surface area (Å²) in [5, 5.41) is 9.31. The maximum absolute atomic E-state index is 11.3. The van der Waals surface area contributed by atoms with Crippen LogP contribution >= 0.6 is 0 Å². The number of carboxylic acids is 1. The molecule has 1 rings (SSSR count). The van der Waals surface area contributed by atoms with Gasteiger partial charge in [-0.3, -0.25) is 9.69 Å². The first-order valence-corrected chi connectivity index (χ1v) is 7.22. The second-order valence-corrected chi connectivity index (χ2v) is 7.00. The molecule has 1 aliphatic rings. The van der Waals surface area contributed by atoms with Crippen molar-refractivity contribution >= 4 is 5.97 Å². The van der Waals surface area contributed by atoms with Gasteiger partial charge in [-0.05, 0) is 44.6 Å². The van der Waals surface area contributed by atoms with E-state index in [1.807, 2.05) is 6.92 Å². The van der Waals surface area contributed by atoms with Crippen molar-refractivity contribution in [3.05, 3.63) is 0 Å². The van der Waals surface area contributed by atoms with E-state index in [4.69, 9.17) is 0 Å². The zero-order valence-electron chi connectivity index (χ0n) is 12.6. The third-order valence-corrected chi connectivity index (χ3v) is 4.02. The Morgan fingerprint density at radius 1 is 1.22 bits per heavy atom. The number of carboxylic acid groups (broad SMARTS) is 1. The van der Waals surface area contributed by atoms with Gasteiger partial charge < -0.3 is 5.11 Å². The highest BCUT2D eigenvalue weighted by Crippen LogP contribution is 2.34. The topological polar surface area (TPSA) is 40.5 Å². The predicted molar refractivity (Wildman–Crippen MR) is 74.6 cm³/mol. The number of rotatable bonds is 6. The summed E-state index contributed by atoms with van der Waals surface area (Å²) in [7, 11) is 0. The summed E-state index contributed by atoms with van der Waals surface area (Å²) in [5.74, 6) is 0.703. The van der Waals surface area contributed by atoms with Crippen LogP contribution in [-0.2, 0) is 4.79 Å². The zero-order chi connectivity index (χ0) is 13.9. The molecule has 1 saturated heterocycles. The molecule has 1 fully saturated rings. The van der Waals surface area contributed by atoms with Crippen molar-refractivity contribution < 1.29 is 9.90 Å². The second kappa shape index (κ2) is 6.05. The number of hydrogen-bond donors (Lipinski definition) is 1. The molecule has 0 aliphatic carbocycles. The molecule has 3 heteroatoms. The normalized spacial score (nSPS) is 25.6. The Morgan fingerprint density at radius 2 is 1.72 bits per heavy atom. The molecule has 0 saturated carbocycles. The van der Waals surface area contributed by atoms with Crippen molar-refractivity contribution in [2.24, 2.45) is 17.3 Å². The third-order valence-electron chi connectivity index (χ3n) is 4.02. The van der Waals surface area contributed by atoms with E-state index in [2.05, 4.69) is 32.6 Å². The van der Waals surface area contributed by atoms with Crippen LogP contribution < -0.4 is 0 Å². The van der Waals surface area contributed by atoms with Crippen molar-refractivity contribution in [3.8, 4) is 0 Å². The minimum atomic E-state index is -0.641. The highest BCUT2D eigenvalue weighted by Gasteiger charge is 2.42. The lowest BCUT2D eigenvalue weighted by Crippen LogP contribution is -2.38. The van der Waals surface area contributed by atoms with Gasteiger partial charge in [0.1, 0.15) is 0 Å². The largest absolute Gasteiger partial charge is 0.481 e. The van der Waals surface area contributed by atoms with Crippen LogP contribution in [0.3, 0.4) is 0 Å². The fraction of sp³-hybridized carbons (Fsp3) is 0.933. The molecular formula is C15H29NO2. The first-order chi connectivity index (χ1) is 8.24. The first-order valence-electron chi connectivity index (χ1n) is 7.22. The summed E-state index contributed by atoms with van der Waals surface area (Å²) in [6.45, 7) is 12.5. The quantitative estimate of drug-likeness (QED) is 0.792. The van der Waals surface area contributed by atoms with Crippen LogP contribution in [0.4, 0.5) is 0 Å². The summed E-state index contributed by atoms with van der Waals surface area (Å²) >= 11 is 0. The summed E-state index contributed by atoms with van der Waals surface area (Å²) in [5.41, 5.74) is -0.536. The predicted octanol–water partition coefficient (Wildman–Crippen LogP) is 3.24. The maximum Gasteiger partial charge on any atom is 0.310 e. The summed E-state index contributed by atoms with van der Waals surface area (Å²) < 4.78 is 0. The average Bonchev–Trinajstić information content (AvgIpc) is 2.60. The van der Waals surface area contributed by atoms with Crippen molar-refractivity contribution in [1.82, 2.24) is 4.90 Å². The van der Waals surface area contributed by atoms with Gasteiger partial charge in [-0.2, -0.15) is 0 Å². The SMILES string of the molecule is CC(C)CC(CC(C)C)N1CCC(C)(C(=O)O)C1. The standard InChI is InChI=1S/C15H29NO2/c1-11(2)8-13(9-12(3)4)16-7-6-15(5,10-16)14(17)18/h11-13H,6-10H2,1-5H3,(H,17,18). The molecule has 1 aliphatic heterocycles. The number of hydrogen-bond acceptors (Lipinski definition) is 2. The summed E-state index contributed by atoms with van der Waals surface area (Å²) in [6, 6.07) is 0.547. The molecule has 1 atom stereocenters. The zero-order valence-corrected chi connectivity index (χ0v) is 12.6. The maximum atomic E-state index is 11.3.